The van der Waals surface area contributed by atoms with E-state index in [1.165, 1.54) is 11.1 Å². The third-order valence-electron chi connectivity index (χ3n) is 5.71. The quantitative estimate of drug-likeness (QED) is 0.705. The molecule has 5 nitrogen and oxygen atoms in total. The van der Waals surface area contributed by atoms with Crippen molar-refractivity contribution in [2.24, 2.45) is 0 Å². The number of rotatable bonds is 8. The number of amides is 2. The van der Waals surface area contributed by atoms with Crippen LogP contribution in [0.15, 0.2) is 54.6 Å². The minimum absolute atomic E-state index is 0.0202. The predicted molar refractivity (Wildman–Crippen MR) is 121 cm³/mol. The SMILES string of the molecule is CC(C)c1ccc(CCNC(=O)CN2CCC(NC(=O)c3ccccc3)CC2)cc1. The largest absolute Gasteiger partial charge is 0.355 e. The molecule has 0 unspecified atom stereocenters. The van der Waals surface area contributed by atoms with Crippen LogP contribution < -0.4 is 10.6 Å². The van der Waals surface area contributed by atoms with E-state index in [0.29, 0.717) is 24.6 Å². The molecule has 1 heterocycles. The Kier molecular flexibility index (Phi) is 8.03. The number of piperidine rings is 1. The Labute approximate surface area is 179 Å². The average Bonchev–Trinajstić information content (AvgIpc) is 2.76. The van der Waals surface area contributed by atoms with E-state index in [0.717, 1.165) is 32.4 Å². The molecule has 0 radical (unpaired) electrons. The van der Waals surface area contributed by atoms with Crippen LogP contribution in [0.2, 0.25) is 0 Å². The number of benzene rings is 2. The maximum Gasteiger partial charge on any atom is 0.251 e. The van der Waals surface area contributed by atoms with Crippen LogP contribution in [0.4, 0.5) is 0 Å². The van der Waals surface area contributed by atoms with Crippen molar-refractivity contribution < 1.29 is 9.59 Å². The zero-order chi connectivity index (χ0) is 21.3. The molecular formula is C25H33N3O2. The van der Waals surface area contributed by atoms with Crippen molar-refractivity contribution in [3.63, 3.8) is 0 Å². The Morgan fingerprint density at radius 3 is 2.30 bits per heavy atom. The molecule has 0 spiro atoms. The average molecular weight is 408 g/mol. The Morgan fingerprint density at radius 1 is 1.00 bits per heavy atom. The monoisotopic (exact) mass is 407 g/mol. The highest BCUT2D eigenvalue weighted by Crippen LogP contribution is 2.15. The molecule has 1 aliphatic rings. The van der Waals surface area contributed by atoms with E-state index < -0.39 is 0 Å². The molecule has 2 N–H and O–H groups in total. The second-order valence-corrected chi connectivity index (χ2v) is 8.39. The second kappa shape index (κ2) is 10.9. The lowest BCUT2D eigenvalue weighted by atomic mass is 10.0. The summed E-state index contributed by atoms with van der Waals surface area (Å²) in [7, 11) is 0. The second-order valence-electron chi connectivity index (χ2n) is 8.39. The fraction of sp³-hybridized carbons (Fsp3) is 0.440. The van der Waals surface area contributed by atoms with E-state index in [1.54, 1.807) is 0 Å². The third kappa shape index (κ3) is 6.70. The molecule has 0 bridgehead atoms. The van der Waals surface area contributed by atoms with E-state index >= 15 is 0 Å². The van der Waals surface area contributed by atoms with Gasteiger partial charge in [-0.05, 0) is 48.4 Å². The van der Waals surface area contributed by atoms with Crippen molar-refractivity contribution in [2.75, 3.05) is 26.2 Å². The normalized spacial score (nSPS) is 15.2. The van der Waals surface area contributed by atoms with Crippen molar-refractivity contribution in [1.82, 2.24) is 15.5 Å². The Hall–Kier alpha value is -2.66. The highest BCUT2D eigenvalue weighted by molar-refractivity contribution is 5.94. The Balaban J connectivity index is 1.32. The smallest absolute Gasteiger partial charge is 0.251 e. The first-order valence-corrected chi connectivity index (χ1v) is 10.9. The van der Waals surface area contributed by atoms with Gasteiger partial charge in [-0.25, -0.2) is 0 Å². The molecular weight excluding hydrogens is 374 g/mol. The van der Waals surface area contributed by atoms with Crippen molar-refractivity contribution >= 4 is 11.8 Å². The molecule has 1 fully saturated rings. The lowest BCUT2D eigenvalue weighted by Crippen LogP contribution is -2.47. The van der Waals surface area contributed by atoms with Crippen LogP contribution in [0, 0.1) is 0 Å². The summed E-state index contributed by atoms with van der Waals surface area (Å²) < 4.78 is 0. The Morgan fingerprint density at radius 2 is 1.67 bits per heavy atom. The van der Waals surface area contributed by atoms with Gasteiger partial charge >= 0.3 is 0 Å². The zero-order valence-electron chi connectivity index (χ0n) is 18.1. The van der Waals surface area contributed by atoms with Crippen molar-refractivity contribution in [2.45, 2.75) is 45.1 Å². The lowest BCUT2D eigenvalue weighted by Gasteiger charge is -2.31. The number of nitrogens with one attached hydrogen (secondary N) is 2. The molecule has 1 saturated heterocycles. The van der Waals surface area contributed by atoms with E-state index in [2.05, 4.69) is 53.6 Å². The number of likely N-dealkylation sites (tertiary alicyclic amines) is 1. The number of hydrogen-bond donors (Lipinski definition) is 2. The van der Waals surface area contributed by atoms with Gasteiger partial charge in [-0.1, -0.05) is 56.3 Å². The van der Waals surface area contributed by atoms with Gasteiger partial charge in [0.1, 0.15) is 0 Å². The molecule has 2 aromatic carbocycles. The van der Waals surface area contributed by atoms with Crippen LogP contribution in [0.3, 0.4) is 0 Å². The van der Waals surface area contributed by atoms with Gasteiger partial charge in [0.2, 0.25) is 5.91 Å². The highest BCUT2D eigenvalue weighted by atomic mass is 16.2. The van der Waals surface area contributed by atoms with Gasteiger partial charge in [0.25, 0.3) is 5.91 Å². The lowest BCUT2D eigenvalue weighted by molar-refractivity contribution is -0.122. The minimum atomic E-state index is -0.0202. The van der Waals surface area contributed by atoms with Gasteiger partial charge in [-0.15, -0.1) is 0 Å². The van der Waals surface area contributed by atoms with Crippen molar-refractivity contribution in [3.05, 3.63) is 71.3 Å². The predicted octanol–water partition coefficient (Wildman–Crippen LogP) is 3.36. The third-order valence-corrected chi connectivity index (χ3v) is 5.71. The standard InChI is InChI=1S/C25H33N3O2/c1-19(2)21-10-8-20(9-11-21)12-15-26-24(29)18-28-16-13-23(14-17-28)27-25(30)22-6-4-3-5-7-22/h3-11,19,23H,12-18H2,1-2H3,(H,26,29)(H,27,30). The molecule has 0 saturated carbocycles. The first kappa shape index (κ1) is 22.0. The summed E-state index contributed by atoms with van der Waals surface area (Å²) in [5.41, 5.74) is 3.28. The molecule has 3 rings (SSSR count). The van der Waals surface area contributed by atoms with Gasteiger partial charge in [-0.3, -0.25) is 14.5 Å². The van der Waals surface area contributed by atoms with Gasteiger partial charge in [0, 0.05) is 31.2 Å². The molecule has 0 atom stereocenters. The van der Waals surface area contributed by atoms with Crippen LogP contribution in [-0.4, -0.2) is 48.9 Å². The fourth-order valence-electron chi connectivity index (χ4n) is 3.77. The summed E-state index contributed by atoms with van der Waals surface area (Å²) in [5.74, 6) is 0.586. The van der Waals surface area contributed by atoms with Crippen LogP contribution in [0.5, 0.6) is 0 Å². The molecule has 2 amide bonds. The number of carbonyl (C=O) groups excluding carboxylic acids is 2. The first-order valence-electron chi connectivity index (χ1n) is 10.9. The van der Waals surface area contributed by atoms with Crippen molar-refractivity contribution in [3.8, 4) is 0 Å². The first-order chi connectivity index (χ1) is 14.5. The maximum atomic E-state index is 12.3. The van der Waals surface area contributed by atoms with Crippen molar-refractivity contribution in [1.29, 1.82) is 0 Å². The minimum Gasteiger partial charge on any atom is -0.355 e. The van der Waals surface area contributed by atoms with Gasteiger partial charge in [0.15, 0.2) is 0 Å². The van der Waals surface area contributed by atoms with Crippen LogP contribution >= 0.6 is 0 Å². The van der Waals surface area contributed by atoms with E-state index in [-0.39, 0.29) is 17.9 Å². The summed E-state index contributed by atoms with van der Waals surface area (Å²) in [4.78, 5) is 26.7. The highest BCUT2D eigenvalue weighted by Gasteiger charge is 2.22. The van der Waals surface area contributed by atoms with Crippen LogP contribution in [0.25, 0.3) is 0 Å². The maximum absolute atomic E-state index is 12.3. The molecule has 0 aromatic heterocycles. The molecule has 1 aliphatic heterocycles. The van der Waals surface area contributed by atoms with Gasteiger partial charge in [0.05, 0.1) is 6.54 Å². The summed E-state index contributed by atoms with van der Waals surface area (Å²) in [6.45, 7) is 7.10. The summed E-state index contributed by atoms with van der Waals surface area (Å²) >= 11 is 0. The Bertz CT molecular complexity index is 810. The zero-order valence-corrected chi connectivity index (χ0v) is 18.1. The summed E-state index contributed by atoms with van der Waals surface area (Å²) in [5, 5.41) is 6.14. The van der Waals surface area contributed by atoms with Crippen LogP contribution in [0.1, 0.15) is 54.1 Å². The molecule has 160 valence electrons. The fourth-order valence-corrected chi connectivity index (χ4v) is 3.77. The molecule has 30 heavy (non-hydrogen) atoms. The van der Waals surface area contributed by atoms with E-state index in [1.807, 2.05) is 30.3 Å². The van der Waals surface area contributed by atoms with E-state index in [9.17, 15) is 9.59 Å². The molecule has 5 heteroatoms. The molecule has 2 aromatic rings. The van der Waals surface area contributed by atoms with E-state index in [4.69, 9.17) is 0 Å². The summed E-state index contributed by atoms with van der Waals surface area (Å²) in [6.07, 6.45) is 2.58. The van der Waals surface area contributed by atoms with Gasteiger partial charge in [-0.2, -0.15) is 0 Å². The number of hydrogen-bond acceptors (Lipinski definition) is 3. The van der Waals surface area contributed by atoms with Crippen LogP contribution in [-0.2, 0) is 11.2 Å². The number of nitrogens with zero attached hydrogens (tertiary/aromatic N) is 1. The topological polar surface area (TPSA) is 61.4 Å². The molecule has 0 aliphatic carbocycles. The number of carbonyl (C=O) groups is 2. The summed E-state index contributed by atoms with van der Waals surface area (Å²) in [6, 6.07) is 18.1. The van der Waals surface area contributed by atoms with Gasteiger partial charge < -0.3 is 10.6 Å².